The molecule has 4 rings (SSSR count). The van der Waals surface area contributed by atoms with Crippen LogP contribution in [0.25, 0.3) is 22.0 Å². The normalized spacial score (nSPS) is 11.7. The van der Waals surface area contributed by atoms with E-state index in [1.807, 2.05) is 0 Å². The predicted molar refractivity (Wildman–Crippen MR) is 137 cm³/mol. The van der Waals surface area contributed by atoms with Crippen molar-refractivity contribution < 1.29 is 13.2 Å². The molecule has 0 spiro atoms. The monoisotopic (exact) mass is 510 g/mol. The van der Waals surface area contributed by atoms with Gasteiger partial charge in [0, 0.05) is 35.8 Å². The maximum atomic E-state index is 13.1. The van der Waals surface area contributed by atoms with Crippen LogP contribution in [0.5, 0.6) is 0 Å². The number of carbonyl (C=O) groups excluding carboxylic acids is 1. The molecule has 1 heterocycles. The molecule has 3 aromatic carbocycles. The van der Waals surface area contributed by atoms with E-state index < -0.39 is 21.5 Å². The van der Waals surface area contributed by atoms with Gasteiger partial charge in [0.1, 0.15) is 6.54 Å². The summed E-state index contributed by atoms with van der Waals surface area (Å²) < 4.78 is 27.9. The molecule has 10 heteroatoms. The van der Waals surface area contributed by atoms with Gasteiger partial charge in [-0.1, -0.05) is 48.0 Å². The topological polar surface area (TPSA) is 101 Å². The highest BCUT2D eigenvalue weighted by molar-refractivity contribution is 7.89. The van der Waals surface area contributed by atoms with Gasteiger partial charge in [0.2, 0.25) is 15.9 Å². The van der Waals surface area contributed by atoms with Crippen molar-refractivity contribution >= 4 is 44.0 Å². The Labute approximate surface area is 207 Å². The van der Waals surface area contributed by atoms with Crippen molar-refractivity contribution in [2.75, 3.05) is 19.4 Å². The van der Waals surface area contributed by atoms with Crippen molar-refractivity contribution in [3.8, 4) is 11.3 Å². The molecule has 35 heavy (non-hydrogen) atoms. The third-order valence-corrected chi connectivity index (χ3v) is 7.68. The van der Waals surface area contributed by atoms with Crippen LogP contribution in [0.15, 0.2) is 76.4 Å². The molecule has 180 valence electrons. The third-order valence-electron chi connectivity index (χ3n) is 5.49. The number of aryl methyl sites for hydroxylation is 1. The van der Waals surface area contributed by atoms with Crippen LogP contribution >= 0.6 is 11.6 Å². The molecule has 0 aliphatic heterocycles. The number of fused-ring (bicyclic) bond motifs is 1. The maximum Gasteiger partial charge on any atom is 0.275 e. The Bertz CT molecular complexity index is 1610. The first-order valence-electron chi connectivity index (χ1n) is 10.7. The lowest BCUT2D eigenvalue weighted by atomic mass is 10.0. The van der Waals surface area contributed by atoms with E-state index >= 15 is 0 Å². The smallest absolute Gasteiger partial charge is 0.275 e. The SMILES string of the molecule is Cc1ccc(-c2nn(CC(=O)Nc3cccc(Cl)c3)c(=O)c3ccccc23)cc1S(=O)(=O)N(C)C. The molecule has 0 aliphatic carbocycles. The van der Waals surface area contributed by atoms with E-state index in [0.717, 1.165) is 8.99 Å². The summed E-state index contributed by atoms with van der Waals surface area (Å²) in [6.45, 7) is 1.38. The van der Waals surface area contributed by atoms with Gasteiger partial charge in [-0.05, 0) is 42.8 Å². The van der Waals surface area contributed by atoms with Gasteiger partial charge in [-0.2, -0.15) is 5.10 Å². The maximum absolute atomic E-state index is 13.1. The van der Waals surface area contributed by atoms with Gasteiger partial charge in [-0.3, -0.25) is 9.59 Å². The van der Waals surface area contributed by atoms with Gasteiger partial charge >= 0.3 is 0 Å². The van der Waals surface area contributed by atoms with Crippen LogP contribution in [0.3, 0.4) is 0 Å². The van der Waals surface area contributed by atoms with E-state index in [0.29, 0.717) is 38.3 Å². The lowest BCUT2D eigenvalue weighted by Crippen LogP contribution is -2.30. The molecule has 0 saturated heterocycles. The fourth-order valence-electron chi connectivity index (χ4n) is 3.68. The Hall–Kier alpha value is -3.53. The second-order valence-electron chi connectivity index (χ2n) is 8.18. The van der Waals surface area contributed by atoms with Gasteiger partial charge in [0.15, 0.2) is 0 Å². The van der Waals surface area contributed by atoms with Crippen molar-refractivity contribution in [1.29, 1.82) is 0 Å². The summed E-state index contributed by atoms with van der Waals surface area (Å²) in [5.74, 6) is -0.456. The van der Waals surface area contributed by atoms with Gasteiger partial charge in [-0.15, -0.1) is 0 Å². The molecule has 0 radical (unpaired) electrons. The molecule has 4 aromatic rings. The summed E-state index contributed by atoms with van der Waals surface area (Å²) in [5, 5.41) is 8.57. The molecule has 1 amide bonds. The first-order valence-corrected chi connectivity index (χ1v) is 12.5. The molecule has 8 nitrogen and oxygen atoms in total. The highest BCUT2D eigenvalue weighted by atomic mass is 35.5. The van der Waals surface area contributed by atoms with Crippen molar-refractivity contribution in [2.45, 2.75) is 18.4 Å². The summed E-state index contributed by atoms with van der Waals surface area (Å²) in [6.07, 6.45) is 0. The van der Waals surface area contributed by atoms with Crippen LogP contribution in [-0.2, 0) is 21.4 Å². The summed E-state index contributed by atoms with van der Waals surface area (Å²) in [7, 11) is -0.772. The second kappa shape index (κ2) is 9.61. The standard InChI is InChI=1S/C25H23ClN4O4S/c1-16-11-12-17(13-22(16)35(33,34)29(2)3)24-20-9-4-5-10-21(20)25(32)30(28-24)15-23(31)27-19-8-6-7-18(26)14-19/h4-14H,15H2,1-3H3,(H,27,31). The average Bonchev–Trinajstić information content (AvgIpc) is 2.81. The highest BCUT2D eigenvalue weighted by Crippen LogP contribution is 2.29. The molecular formula is C25H23ClN4O4S. The Balaban J connectivity index is 1.82. The summed E-state index contributed by atoms with van der Waals surface area (Å²) in [6, 6.07) is 18.6. The van der Waals surface area contributed by atoms with E-state index in [1.165, 1.54) is 14.1 Å². The van der Waals surface area contributed by atoms with E-state index in [9.17, 15) is 18.0 Å². The molecule has 0 saturated carbocycles. The zero-order valence-corrected chi connectivity index (χ0v) is 20.9. The minimum absolute atomic E-state index is 0.141. The number of hydrogen-bond donors (Lipinski definition) is 1. The molecule has 1 N–H and O–H groups in total. The molecule has 0 bridgehead atoms. The fraction of sp³-hybridized carbons (Fsp3) is 0.160. The minimum Gasteiger partial charge on any atom is -0.324 e. The second-order valence-corrected chi connectivity index (χ2v) is 10.7. The highest BCUT2D eigenvalue weighted by Gasteiger charge is 2.22. The number of carbonyl (C=O) groups is 1. The number of anilines is 1. The number of sulfonamides is 1. The van der Waals surface area contributed by atoms with Gasteiger partial charge < -0.3 is 5.32 Å². The van der Waals surface area contributed by atoms with Crippen LogP contribution in [0, 0.1) is 6.92 Å². The van der Waals surface area contributed by atoms with E-state index in [2.05, 4.69) is 10.4 Å². The minimum atomic E-state index is -3.70. The zero-order chi connectivity index (χ0) is 25.3. The fourth-order valence-corrected chi connectivity index (χ4v) is 5.01. The van der Waals surface area contributed by atoms with Crippen molar-refractivity contribution in [2.24, 2.45) is 0 Å². The molecule has 0 aliphatic rings. The zero-order valence-electron chi connectivity index (χ0n) is 19.3. The molecule has 1 aromatic heterocycles. The molecule has 0 atom stereocenters. The summed E-state index contributed by atoms with van der Waals surface area (Å²) in [5.41, 5.74) is 1.55. The Morgan fingerprint density at radius 3 is 2.43 bits per heavy atom. The predicted octanol–water partition coefficient (Wildman–Crippen LogP) is 3.91. The number of aromatic nitrogens is 2. The number of rotatable bonds is 6. The number of benzene rings is 3. The Morgan fingerprint density at radius 1 is 1.03 bits per heavy atom. The van der Waals surface area contributed by atoms with Crippen LogP contribution in [-0.4, -0.2) is 42.5 Å². The number of nitrogens with one attached hydrogen (secondary N) is 1. The van der Waals surface area contributed by atoms with Gasteiger partial charge in [0.25, 0.3) is 5.56 Å². The first-order chi connectivity index (χ1) is 16.6. The van der Waals surface area contributed by atoms with E-state index in [4.69, 9.17) is 11.6 Å². The molecule has 0 unspecified atom stereocenters. The lowest BCUT2D eigenvalue weighted by molar-refractivity contribution is -0.117. The summed E-state index contributed by atoms with van der Waals surface area (Å²) in [4.78, 5) is 26.0. The average molecular weight is 511 g/mol. The third kappa shape index (κ3) is 4.97. The van der Waals surface area contributed by atoms with E-state index in [-0.39, 0.29) is 11.4 Å². The van der Waals surface area contributed by atoms with Crippen molar-refractivity contribution in [1.82, 2.24) is 14.1 Å². The Morgan fingerprint density at radius 2 is 1.74 bits per heavy atom. The quantitative estimate of drug-likeness (QED) is 0.423. The van der Waals surface area contributed by atoms with Gasteiger partial charge in [-0.25, -0.2) is 17.4 Å². The van der Waals surface area contributed by atoms with Crippen LogP contribution < -0.4 is 10.9 Å². The van der Waals surface area contributed by atoms with Gasteiger partial charge in [0.05, 0.1) is 16.0 Å². The van der Waals surface area contributed by atoms with Crippen LogP contribution in [0.4, 0.5) is 5.69 Å². The van der Waals surface area contributed by atoms with Crippen molar-refractivity contribution in [3.63, 3.8) is 0 Å². The van der Waals surface area contributed by atoms with E-state index in [1.54, 1.807) is 73.7 Å². The molecule has 0 fully saturated rings. The van der Waals surface area contributed by atoms with Crippen LogP contribution in [0.2, 0.25) is 5.02 Å². The first kappa shape index (κ1) is 24.6. The molecular weight excluding hydrogens is 488 g/mol. The number of hydrogen-bond acceptors (Lipinski definition) is 5. The lowest BCUT2D eigenvalue weighted by Gasteiger charge is -2.16. The largest absolute Gasteiger partial charge is 0.324 e. The number of amides is 1. The van der Waals surface area contributed by atoms with Crippen molar-refractivity contribution in [3.05, 3.63) is 87.7 Å². The summed E-state index contributed by atoms with van der Waals surface area (Å²) >= 11 is 5.98. The number of halogens is 1. The Kier molecular flexibility index (Phi) is 6.75. The number of nitrogens with zero attached hydrogens (tertiary/aromatic N) is 3. The van der Waals surface area contributed by atoms with Crippen LogP contribution in [0.1, 0.15) is 5.56 Å².